The van der Waals surface area contributed by atoms with Gasteiger partial charge in [-0.3, -0.25) is 14.5 Å². The number of fused-ring (bicyclic) bond motifs is 1. The quantitative estimate of drug-likeness (QED) is 0.805. The molecule has 5 heteroatoms. The lowest BCUT2D eigenvalue weighted by molar-refractivity contribution is -0.139. The minimum Gasteiger partial charge on any atom is -0.451 e. The maximum Gasteiger partial charge on any atom is 0.296 e. The van der Waals surface area contributed by atoms with E-state index >= 15 is 0 Å². The molecule has 0 N–H and O–H groups in total. The van der Waals surface area contributed by atoms with Gasteiger partial charge in [0.05, 0.1) is 6.08 Å². The van der Waals surface area contributed by atoms with Crippen LogP contribution in [0, 0.1) is 5.92 Å². The summed E-state index contributed by atoms with van der Waals surface area (Å²) in [6.07, 6.45) is 3.04. The third-order valence-corrected chi connectivity index (χ3v) is 4.73. The number of benzene rings is 2. The van der Waals surface area contributed by atoms with Crippen molar-refractivity contribution in [2.24, 2.45) is 5.92 Å². The Kier molecular flexibility index (Phi) is 4.24. The zero-order chi connectivity index (χ0) is 17.2. The first kappa shape index (κ1) is 15.8. The first-order valence-corrected chi connectivity index (χ1v) is 8.53. The summed E-state index contributed by atoms with van der Waals surface area (Å²) in [5.41, 5.74) is 0. The van der Waals surface area contributed by atoms with Crippen molar-refractivity contribution < 1.29 is 19.1 Å². The van der Waals surface area contributed by atoms with Gasteiger partial charge in [0.1, 0.15) is 5.75 Å². The van der Waals surface area contributed by atoms with Crippen LogP contribution in [0.2, 0.25) is 0 Å². The summed E-state index contributed by atoms with van der Waals surface area (Å²) in [7, 11) is 0. The highest BCUT2D eigenvalue weighted by Crippen LogP contribution is 2.29. The predicted octanol–water partition coefficient (Wildman–Crippen LogP) is 2.90. The summed E-state index contributed by atoms with van der Waals surface area (Å²) in [5.74, 6) is 0.315. The molecule has 0 aliphatic carbocycles. The molecule has 4 rings (SSSR count). The Morgan fingerprint density at radius 1 is 1.04 bits per heavy atom. The van der Waals surface area contributed by atoms with Gasteiger partial charge in [-0.15, -0.1) is 0 Å². The third-order valence-electron chi connectivity index (χ3n) is 4.73. The molecular formula is C20H19NO4. The van der Waals surface area contributed by atoms with Crippen LogP contribution < -0.4 is 4.74 Å². The Hall–Kier alpha value is -2.66. The number of hydrogen-bond acceptors (Lipinski definition) is 4. The van der Waals surface area contributed by atoms with Crippen molar-refractivity contribution in [3.63, 3.8) is 0 Å². The van der Waals surface area contributed by atoms with Crippen LogP contribution in [-0.4, -0.2) is 36.5 Å². The number of ether oxygens (including phenoxy) is 2. The van der Waals surface area contributed by atoms with Gasteiger partial charge < -0.3 is 9.47 Å². The number of rotatable bonds is 4. The molecule has 2 heterocycles. The predicted molar refractivity (Wildman–Crippen MR) is 92.9 cm³/mol. The van der Waals surface area contributed by atoms with Gasteiger partial charge >= 0.3 is 0 Å². The summed E-state index contributed by atoms with van der Waals surface area (Å²) in [4.78, 5) is 26.1. The van der Waals surface area contributed by atoms with E-state index in [0.717, 1.165) is 23.6 Å². The molecule has 1 saturated heterocycles. The van der Waals surface area contributed by atoms with Crippen molar-refractivity contribution in [3.05, 3.63) is 54.3 Å². The van der Waals surface area contributed by atoms with Crippen LogP contribution in [0.3, 0.4) is 0 Å². The largest absolute Gasteiger partial charge is 0.451 e. The summed E-state index contributed by atoms with van der Waals surface area (Å²) >= 11 is 0. The molecule has 25 heavy (non-hydrogen) atoms. The molecular weight excluding hydrogens is 318 g/mol. The van der Waals surface area contributed by atoms with Gasteiger partial charge in [0, 0.05) is 25.1 Å². The lowest BCUT2D eigenvalue weighted by Gasteiger charge is -2.25. The van der Waals surface area contributed by atoms with Gasteiger partial charge in [-0.2, -0.15) is 0 Å². The fourth-order valence-corrected chi connectivity index (χ4v) is 3.32. The average Bonchev–Trinajstić information content (AvgIpc) is 2.90. The number of hydrogen-bond donors (Lipinski definition) is 0. The van der Waals surface area contributed by atoms with Crippen molar-refractivity contribution in [1.82, 2.24) is 4.90 Å². The molecule has 128 valence electrons. The van der Waals surface area contributed by atoms with E-state index in [2.05, 4.69) is 0 Å². The number of imide groups is 1. The van der Waals surface area contributed by atoms with Crippen LogP contribution in [0.1, 0.15) is 12.8 Å². The molecule has 0 radical (unpaired) electrons. The molecule has 0 bridgehead atoms. The van der Waals surface area contributed by atoms with Crippen molar-refractivity contribution in [2.45, 2.75) is 12.8 Å². The smallest absolute Gasteiger partial charge is 0.296 e. The monoisotopic (exact) mass is 337 g/mol. The number of nitrogens with zero attached hydrogens (tertiary/aromatic N) is 1. The van der Waals surface area contributed by atoms with Crippen molar-refractivity contribution in [2.75, 3.05) is 19.8 Å². The van der Waals surface area contributed by atoms with E-state index in [1.807, 2.05) is 42.5 Å². The molecule has 0 aromatic heterocycles. The van der Waals surface area contributed by atoms with Crippen LogP contribution in [0.25, 0.3) is 10.8 Å². The Balaban J connectivity index is 1.52. The first-order valence-electron chi connectivity index (χ1n) is 8.53. The lowest BCUT2D eigenvalue weighted by Crippen LogP contribution is -2.37. The molecule has 2 aromatic rings. The summed E-state index contributed by atoms with van der Waals surface area (Å²) < 4.78 is 11.1. The van der Waals surface area contributed by atoms with Crippen LogP contribution in [0.15, 0.2) is 54.3 Å². The highest BCUT2D eigenvalue weighted by molar-refractivity contribution is 6.15. The van der Waals surface area contributed by atoms with Crippen molar-refractivity contribution >= 4 is 22.6 Å². The molecule has 2 amide bonds. The van der Waals surface area contributed by atoms with Crippen LogP contribution >= 0.6 is 0 Å². The highest BCUT2D eigenvalue weighted by Gasteiger charge is 2.35. The van der Waals surface area contributed by atoms with E-state index in [1.165, 1.54) is 11.0 Å². The van der Waals surface area contributed by atoms with Crippen LogP contribution in [0.4, 0.5) is 0 Å². The molecule has 2 aliphatic rings. The van der Waals surface area contributed by atoms with Gasteiger partial charge in [0.2, 0.25) is 0 Å². The molecule has 0 atom stereocenters. The zero-order valence-electron chi connectivity index (χ0n) is 13.8. The summed E-state index contributed by atoms with van der Waals surface area (Å²) in [6, 6.07) is 13.5. The van der Waals surface area contributed by atoms with Gasteiger partial charge in [-0.25, -0.2) is 0 Å². The maximum absolute atomic E-state index is 12.6. The number of amides is 2. The Labute approximate surface area is 145 Å². The SMILES string of the molecule is O=C1C=C(Oc2cccc3ccccc23)C(=O)N1CC1CCOCC1. The second-order valence-corrected chi connectivity index (χ2v) is 6.40. The van der Waals surface area contributed by atoms with Gasteiger partial charge in [0.15, 0.2) is 5.76 Å². The Morgan fingerprint density at radius 3 is 2.64 bits per heavy atom. The number of carbonyl (C=O) groups is 2. The molecule has 1 fully saturated rings. The minimum absolute atomic E-state index is 0.0911. The summed E-state index contributed by atoms with van der Waals surface area (Å²) in [5, 5.41) is 1.94. The summed E-state index contributed by atoms with van der Waals surface area (Å²) in [6.45, 7) is 1.81. The fourth-order valence-electron chi connectivity index (χ4n) is 3.32. The molecule has 2 aromatic carbocycles. The topological polar surface area (TPSA) is 55.8 Å². The Bertz CT molecular complexity index is 846. The highest BCUT2D eigenvalue weighted by atomic mass is 16.5. The first-order chi connectivity index (χ1) is 12.2. The molecule has 0 saturated carbocycles. The second kappa shape index (κ2) is 6.69. The molecule has 2 aliphatic heterocycles. The van der Waals surface area contributed by atoms with E-state index in [-0.39, 0.29) is 17.6 Å². The maximum atomic E-state index is 12.6. The van der Waals surface area contributed by atoms with Gasteiger partial charge in [0.25, 0.3) is 11.8 Å². The lowest BCUT2D eigenvalue weighted by atomic mass is 10.00. The third kappa shape index (κ3) is 3.15. The van der Waals surface area contributed by atoms with Crippen molar-refractivity contribution in [3.8, 4) is 5.75 Å². The minimum atomic E-state index is -0.357. The fraction of sp³-hybridized carbons (Fsp3) is 0.300. The van der Waals surface area contributed by atoms with Crippen LogP contribution in [0.5, 0.6) is 5.75 Å². The zero-order valence-corrected chi connectivity index (χ0v) is 13.8. The average molecular weight is 337 g/mol. The van der Waals surface area contributed by atoms with E-state index in [1.54, 1.807) is 0 Å². The van der Waals surface area contributed by atoms with Gasteiger partial charge in [-0.1, -0.05) is 36.4 Å². The van der Waals surface area contributed by atoms with E-state index < -0.39 is 0 Å². The van der Waals surface area contributed by atoms with E-state index in [0.29, 0.717) is 31.4 Å². The van der Waals surface area contributed by atoms with E-state index in [9.17, 15) is 9.59 Å². The van der Waals surface area contributed by atoms with Crippen LogP contribution in [-0.2, 0) is 14.3 Å². The molecule has 0 spiro atoms. The normalized spacial score (nSPS) is 18.7. The number of carbonyl (C=O) groups excluding carboxylic acids is 2. The standard InChI is InChI=1S/C20H19NO4/c22-19-12-18(20(23)21(19)13-14-8-10-24-11-9-14)25-17-7-3-5-15-4-1-2-6-16(15)17/h1-7,12,14H,8-11,13H2. The second-order valence-electron chi connectivity index (χ2n) is 6.40. The Morgan fingerprint density at radius 2 is 1.80 bits per heavy atom. The van der Waals surface area contributed by atoms with Crippen molar-refractivity contribution in [1.29, 1.82) is 0 Å². The molecule has 0 unspecified atom stereocenters. The molecule has 5 nitrogen and oxygen atoms in total. The van der Waals surface area contributed by atoms with Gasteiger partial charge in [-0.05, 0) is 30.2 Å². The van der Waals surface area contributed by atoms with E-state index in [4.69, 9.17) is 9.47 Å².